The molecule has 2 atom stereocenters. The Morgan fingerprint density at radius 1 is 1.25 bits per heavy atom. The third-order valence-electron chi connectivity index (χ3n) is 4.83. The zero-order chi connectivity index (χ0) is 17.4. The maximum atomic E-state index is 12.6. The number of nitrogen functional groups attached to an aromatic ring is 1. The quantitative estimate of drug-likeness (QED) is 0.624. The number of piperidine rings is 1. The molecule has 0 radical (unpaired) electrons. The van der Waals surface area contributed by atoms with E-state index in [1.54, 1.807) is 18.2 Å². The van der Waals surface area contributed by atoms with E-state index in [1.165, 1.54) is 0 Å². The standard InChI is InChI=1S/C17H18N2O5/c18-13-3-1-2-9-11(13)8-12(16(9)23)10-4-5-14(20)19(17(10)24)7-6-15(21)22/h1-3,10,12H,4-8,18H2,(H,21,22). The number of carboxylic acids is 1. The van der Waals surface area contributed by atoms with E-state index in [9.17, 15) is 19.2 Å². The number of hydrogen-bond donors (Lipinski definition) is 2. The molecule has 2 unspecified atom stereocenters. The molecule has 0 spiro atoms. The number of Topliss-reactive ketones (excluding diaryl/α,β-unsaturated/α-hetero) is 1. The Bertz CT molecular complexity index is 742. The molecule has 0 bridgehead atoms. The third kappa shape index (κ3) is 2.66. The number of rotatable bonds is 4. The van der Waals surface area contributed by atoms with Crippen molar-refractivity contribution in [1.82, 2.24) is 4.90 Å². The fraction of sp³-hybridized carbons (Fsp3) is 0.412. The van der Waals surface area contributed by atoms with Gasteiger partial charge in [-0.1, -0.05) is 12.1 Å². The highest BCUT2D eigenvalue weighted by Crippen LogP contribution is 2.38. The first-order valence-corrected chi connectivity index (χ1v) is 7.87. The Morgan fingerprint density at radius 2 is 2.00 bits per heavy atom. The zero-order valence-electron chi connectivity index (χ0n) is 13.0. The molecule has 3 N–H and O–H groups in total. The number of anilines is 1. The number of fused-ring (bicyclic) bond motifs is 1. The lowest BCUT2D eigenvalue weighted by atomic mass is 9.82. The molecule has 0 saturated carbocycles. The van der Waals surface area contributed by atoms with Crippen LogP contribution in [0, 0.1) is 11.8 Å². The van der Waals surface area contributed by atoms with Gasteiger partial charge < -0.3 is 10.8 Å². The summed E-state index contributed by atoms with van der Waals surface area (Å²) in [6.07, 6.45) is 0.547. The smallest absolute Gasteiger partial charge is 0.305 e. The number of nitrogens with zero attached hydrogens (tertiary/aromatic N) is 1. The lowest BCUT2D eigenvalue weighted by molar-refractivity contribution is -0.153. The van der Waals surface area contributed by atoms with Gasteiger partial charge in [0, 0.05) is 36.1 Å². The van der Waals surface area contributed by atoms with Crippen LogP contribution >= 0.6 is 0 Å². The normalized spacial score (nSPS) is 23.5. The van der Waals surface area contributed by atoms with Gasteiger partial charge in [-0.05, 0) is 24.5 Å². The molecule has 24 heavy (non-hydrogen) atoms. The molecule has 2 amide bonds. The van der Waals surface area contributed by atoms with Crippen LogP contribution in [0.2, 0.25) is 0 Å². The van der Waals surface area contributed by atoms with Crippen molar-refractivity contribution >= 4 is 29.3 Å². The SMILES string of the molecule is Nc1cccc2c1CC(C1CCC(=O)N(CCC(=O)O)C1=O)C2=O. The fourth-order valence-electron chi connectivity index (χ4n) is 3.58. The largest absolute Gasteiger partial charge is 0.481 e. The number of benzene rings is 1. The molecule has 3 rings (SSSR count). The molecule has 1 saturated heterocycles. The number of hydrogen-bond acceptors (Lipinski definition) is 5. The van der Waals surface area contributed by atoms with Crippen LogP contribution in [0.15, 0.2) is 18.2 Å². The highest BCUT2D eigenvalue weighted by molar-refractivity contribution is 6.08. The maximum absolute atomic E-state index is 12.6. The average molecular weight is 330 g/mol. The van der Waals surface area contributed by atoms with Gasteiger partial charge in [0.25, 0.3) is 0 Å². The second kappa shape index (κ2) is 6.07. The van der Waals surface area contributed by atoms with Gasteiger partial charge in [0.05, 0.1) is 6.42 Å². The molecular formula is C17H18N2O5. The topological polar surface area (TPSA) is 118 Å². The van der Waals surface area contributed by atoms with Crippen molar-refractivity contribution in [2.45, 2.75) is 25.7 Å². The van der Waals surface area contributed by atoms with Crippen molar-refractivity contribution in [1.29, 1.82) is 0 Å². The van der Waals surface area contributed by atoms with E-state index in [0.717, 1.165) is 10.5 Å². The Labute approximate surface area is 138 Å². The number of ketones is 1. The second-order valence-electron chi connectivity index (χ2n) is 6.22. The maximum Gasteiger partial charge on any atom is 0.305 e. The summed E-state index contributed by atoms with van der Waals surface area (Å²) in [5, 5.41) is 8.77. The highest BCUT2D eigenvalue weighted by atomic mass is 16.4. The summed E-state index contributed by atoms with van der Waals surface area (Å²) < 4.78 is 0. The van der Waals surface area contributed by atoms with Gasteiger partial charge in [-0.25, -0.2) is 0 Å². The number of amides is 2. The van der Waals surface area contributed by atoms with Gasteiger partial charge in [-0.15, -0.1) is 0 Å². The summed E-state index contributed by atoms with van der Waals surface area (Å²) in [4.78, 5) is 48.9. The third-order valence-corrected chi connectivity index (χ3v) is 4.83. The van der Waals surface area contributed by atoms with Gasteiger partial charge in [-0.2, -0.15) is 0 Å². The van der Waals surface area contributed by atoms with E-state index >= 15 is 0 Å². The van der Waals surface area contributed by atoms with Crippen LogP contribution in [-0.2, 0) is 20.8 Å². The molecule has 2 aliphatic rings. The summed E-state index contributed by atoms with van der Waals surface area (Å²) in [6.45, 7) is -0.153. The Balaban J connectivity index is 1.82. The van der Waals surface area contributed by atoms with Crippen LogP contribution < -0.4 is 5.73 Å². The minimum Gasteiger partial charge on any atom is -0.481 e. The lowest BCUT2D eigenvalue weighted by Crippen LogP contribution is -2.48. The van der Waals surface area contributed by atoms with Gasteiger partial charge in [0.15, 0.2) is 5.78 Å². The lowest BCUT2D eigenvalue weighted by Gasteiger charge is -2.32. The number of aliphatic carboxylic acids is 1. The summed E-state index contributed by atoms with van der Waals surface area (Å²) in [5.41, 5.74) is 7.76. The zero-order valence-corrected chi connectivity index (χ0v) is 13.0. The molecule has 0 aromatic heterocycles. The number of carbonyl (C=O) groups is 4. The van der Waals surface area contributed by atoms with Gasteiger partial charge in [0.2, 0.25) is 11.8 Å². The van der Waals surface area contributed by atoms with Crippen molar-refractivity contribution in [3.05, 3.63) is 29.3 Å². The minimum absolute atomic E-state index is 0.122. The van der Waals surface area contributed by atoms with Crippen LogP contribution in [0.3, 0.4) is 0 Å². The van der Waals surface area contributed by atoms with Crippen molar-refractivity contribution in [2.24, 2.45) is 11.8 Å². The predicted molar refractivity (Wildman–Crippen MR) is 84.1 cm³/mol. The first kappa shape index (κ1) is 16.2. The first-order valence-electron chi connectivity index (χ1n) is 7.87. The van der Waals surface area contributed by atoms with Crippen LogP contribution in [0.1, 0.15) is 35.2 Å². The molecular weight excluding hydrogens is 312 g/mol. The van der Waals surface area contributed by atoms with E-state index in [0.29, 0.717) is 24.1 Å². The van der Waals surface area contributed by atoms with Crippen molar-refractivity contribution < 1.29 is 24.3 Å². The van der Waals surface area contributed by atoms with Crippen LogP contribution in [0.5, 0.6) is 0 Å². The Hall–Kier alpha value is -2.70. The van der Waals surface area contributed by atoms with Crippen LogP contribution in [0.4, 0.5) is 5.69 Å². The molecule has 1 heterocycles. The predicted octanol–water partition coefficient (Wildman–Crippen LogP) is 0.864. The van der Waals surface area contributed by atoms with Crippen molar-refractivity contribution in [2.75, 3.05) is 12.3 Å². The molecule has 7 heteroatoms. The summed E-state index contributed by atoms with van der Waals surface area (Å²) in [6, 6.07) is 5.13. The molecule has 1 fully saturated rings. The summed E-state index contributed by atoms with van der Waals surface area (Å²) in [7, 11) is 0. The van der Waals surface area contributed by atoms with Crippen LogP contribution in [-0.4, -0.2) is 40.1 Å². The number of imide groups is 1. The van der Waals surface area contributed by atoms with Crippen molar-refractivity contribution in [3.8, 4) is 0 Å². The molecule has 1 aliphatic heterocycles. The second-order valence-corrected chi connectivity index (χ2v) is 6.22. The number of carbonyl (C=O) groups excluding carboxylic acids is 3. The van der Waals surface area contributed by atoms with Gasteiger partial charge in [-0.3, -0.25) is 24.1 Å². The number of likely N-dealkylation sites (tertiary alicyclic amines) is 1. The molecule has 1 aromatic rings. The van der Waals surface area contributed by atoms with Crippen LogP contribution in [0.25, 0.3) is 0 Å². The molecule has 1 aliphatic carbocycles. The number of carboxylic acid groups (broad SMARTS) is 1. The Kier molecular flexibility index (Phi) is 4.09. The molecule has 126 valence electrons. The fourth-order valence-corrected chi connectivity index (χ4v) is 3.58. The monoisotopic (exact) mass is 330 g/mol. The highest BCUT2D eigenvalue weighted by Gasteiger charge is 2.45. The minimum atomic E-state index is -1.07. The summed E-state index contributed by atoms with van der Waals surface area (Å²) >= 11 is 0. The van der Waals surface area contributed by atoms with E-state index in [1.807, 2.05) is 0 Å². The average Bonchev–Trinajstić information content (AvgIpc) is 2.86. The van der Waals surface area contributed by atoms with E-state index < -0.39 is 23.7 Å². The van der Waals surface area contributed by atoms with E-state index in [-0.39, 0.29) is 31.1 Å². The first-order chi connectivity index (χ1) is 11.4. The molecule has 1 aromatic carbocycles. The van der Waals surface area contributed by atoms with Gasteiger partial charge in [0.1, 0.15) is 0 Å². The summed E-state index contributed by atoms with van der Waals surface area (Å²) in [5.74, 6) is -3.15. The van der Waals surface area contributed by atoms with E-state index in [2.05, 4.69) is 0 Å². The van der Waals surface area contributed by atoms with Crippen molar-refractivity contribution in [3.63, 3.8) is 0 Å². The van der Waals surface area contributed by atoms with E-state index in [4.69, 9.17) is 10.8 Å². The Morgan fingerprint density at radius 3 is 2.67 bits per heavy atom. The van der Waals surface area contributed by atoms with Gasteiger partial charge >= 0.3 is 5.97 Å². The number of nitrogens with two attached hydrogens (primary N) is 1. The molecule has 7 nitrogen and oxygen atoms in total.